The Hall–Kier alpha value is -2.91. The molecule has 34 heavy (non-hydrogen) atoms. The van der Waals surface area contributed by atoms with Gasteiger partial charge in [0.2, 0.25) is 11.9 Å². The second-order valence-electron chi connectivity index (χ2n) is 9.34. The second-order valence-corrected chi connectivity index (χ2v) is 9.75. The van der Waals surface area contributed by atoms with Gasteiger partial charge in [0.15, 0.2) is 0 Å². The van der Waals surface area contributed by atoms with Gasteiger partial charge in [-0.1, -0.05) is 23.7 Å². The number of benzene rings is 1. The zero-order valence-corrected chi connectivity index (χ0v) is 19.6. The van der Waals surface area contributed by atoms with E-state index < -0.39 is 6.04 Å². The van der Waals surface area contributed by atoms with Gasteiger partial charge in [-0.05, 0) is 54.7 Å². The third kappa shape index (κ3) is 4.95. The van der Waals surface area contributed by atoms with Crippen molar-refractivity contribution in [1.29, 1.82) is 0 Å². The highest BCUT2D eigenvalue weighted by atomic mass is 35.5. The fourth-order valence-electron chi connectivity index (χ4n) is 4.72. The Morgan fingerprint density at radius 2 is 2.09 bits per heavy atom. The molecular weight excluding hydrogens is 456 g/mol. The summed E-state index contributed by atoms with van der Waals surface area (Å²) in [6.07, 6.45) is 5.19. The molecule has 3 atom stereocenters. The molecule has 0 bridgehead atoms. The van der Waals surface area contributed by atoms with Crippen LogP contribution in [0.2, 0.25) is 5.02 Å². The molecule has 2 unspecified atom stereocenters. The van der Waals surface area contributed by atoms with E-state index in [1.807, 2.05) is 6.07 Å². The number of hydrogen-bond donors (Lipinski definition) is 4. The lowest BCUT2D eigenvalue weighted by molar-refractivity contribution is -0.122. The number of aliphatic hydroxyl groups is 1. The highest BCUT2D eigenvalue weighted by Crippen LogP contribution is 2.45. The first-order valence-electron chi connectivity index (χ1n) is 11.8. The first-order chi connectivity index (χ1) is 16.5. The predicted octanol–water partition coefficient (Wildman–Crippen LogP) is 2.09. The topological polar surface area (TPSA) is 119 Å². The second kappa shape index (κ2) is 9.76. The first kappa shape index (κ1) is 22.9. The number of nitrogens with zero attached hydrogens (tertiary/aromatic N) is 3. The van der Waals surface area contributed by atoms with Crippen LogP contribution in [0.15, 0.2) is 24.4 Å². The van der Waals surface area contributed by atoms with Gasteiger partial charge in [0.25, 0.3) is 5.91 Å². The Kier molecular flexibility index (Phi) is 6.56. The molecule has 3 fully saturated rings. The van der Waals surface area contributed by atoms with E-state index in [2.05, 4.69) is 25.8 Å². The van der Waals surface area contributed by atoms with Crippen molar-refractivity contribution < 1.29 is 14.7 Å². The molecule has 0 spiro atoms. The lowest BCUT2D eigenvalue weighted by Gasteiger charge is -2.21. The summed E-state index contributed by atoms with van der Waals surface area (Å²) in [5.41, 5.74) is 1.84. The molecule has 3 aliphatic rings. The fourth-order valence-corrected chi connectivity index (χ4v) is 4.98. The summed E-state index contributed by atoms with van der Waals surface area (Å²) in [7, 11) is 0. The Labute approximate surface area is 203 Å². The lowest BCUT2D eigenvalue weighted by atomic mass is 10.1. The number of aliphatic hydroxyl groups excluding tert-OH is 1. The van der Waals surface area contributed by atoms with Gasteiger partial charge in [-0.3, -0.25) is 9.59 Å². The van der Waals surface area contributed by atoms with E-state index in [1.54, 1.807) is 18.3 Å². The van der Waals surface area contributed by atoms with Crippen LogP contribution >= 0.6 is 11.6 Å². The van der Waals surface area contributed by atoms with Gasteiger partial charge >= 0.3 is 0 Å². The summed E-state index contributed by atoms with van der Waals surface area (Å²) in [5, 5.41) is 18.8. The fraction of sp³-hybridized carbons (Fsp3) is 0.500. The molecule has 9 nitrogen and oxygen atoms in total. The van der Waals surface area contributed by atoms with Gasteiger partial charge in [-0.25, -0.2) is 4.98 Å². The van der Waals surface area contributed by atoms with Gasteiger partial charge in [-0.15, -0.1) is 0 Å². The average molecular weight is 485 g/mol. The van der Waals surface area contributed by atoms with Crippen LogP contribution in [0.1, 0.15) is 47.2 Å². The average Bonchev–Trinajstić information content (AvgIpc) is 3.51. The standard InChI is InChI=1S/C24H29ClN6O3/c25-19-7-14(4-5-15(19)13-32)9-27-21-18(22(33)29-20-3-1-2-6-26-23(20)34)10-28-24(30-21)31-11-16-8-17(16)12-31/h4-5,7,10,16-17,20,32H,1-3,6,8-9,11-13H2,(H,26,34)(H,29,33)(H,27,28,30)/t16?,17?,20-/m0/s1. The number of aromatic nitrogens is 2. The van der Waals surface area contributed by atoms with E-state index in [0.717, 1.165) is 43.3 Å². The molecular formula is C24H29ClN6O3. The van der Waals surface area contributed by atoms with Crippen LogP contribution in [0.3, 0.4) is 0 Å². The maximum absolute atomic E-state index is 13.2. The van der Waals surface area contributed by atoms with Crippen molar-refractivity contribution in [2.24, 2.45) is 11.8 Å². The van der Waals surface area contributed by atoms with E-state index in [9.17, 15) is 14.7 Å². The molecule has 1 saturated carbocycles. The number of rotatable bonds is 7. The highest BCUT2D eigenvalue weighted by Gasteiger charge is 2.46. The van der Waals surface area contributed by atoms with Crippen LogP contribution in [0.25, 0.3) is 0 Å². The van der Waals surface area contributed by atoms with Crippen molar-refractivity contribution in [3.05, 3.63) is 46.1 Å². The number of anilines is 2. The molecule has 2 amide bonds. The van der Waals surface area contributed by atoms with Crippen molar-refractivity contribution in [2.45, 2.75) is 44.9 Å². The van der Waals surface area contributed by atoms with Crippen molar-refractivity contribution in [2.75, 3.05) is 29.9 Å². The Balaban J connectivity index is 1.36. The van der Waals surface area contributed by atoms with E-state index >= 15 is 0 Å². The molecule has 1 aromatic carbocycles. The van der Waals surface area contributed by atoms with Gasteiger partial charge in [-0.2, -0.15) is 4.98 Å². The smallest absolute Gasteiger partial charge is 0.257 e. The summed E-state index contributed by atoms with van der Waals surface area (Å²) < 4.78 is 0. The van der Waals surface area contributed by atoms with Crippen LogP contribution in [0, 0.1) is 11.8 Å². The van der Waals surface area contributed by atoms with Crippen LogP contribution in [0.5, 0.6) is 0 Å². The van der Waals surface area contributed by atoms with Crippen LogP contribution in [0.4, 0.5) is 11.8 Å². The molecule has 2 saturated heterocycles. The molecule has 1 aromatic heterocycles. The van der Waals surface area contributed by atoms with Crippen LogP contribution in [-0.4, -0.2) is 52.6 Å². The number of hydrogen-bond acceptors (Lipinski definition) is 7. The number of piperidine rings is 1. The highest BCUT2D eigenvalue weighted by molar-refractivity contribution is 6.31. The van der Waals surface area contributed by atoms with Gasteiger partial charge < -0.3 is 26.0 Å². The summed E-state index contributed by atoms with van der Waals surface area (Å²) in [4.78, 5) is 36.8. The molecule has 2 aliphatic heterocycles. The lowest BCUT2D eigenvalue weighted by Crippen LogP contribution is -2.45. The number of carbonyl (C=O) groups excluding carboxylic acids is 2. The zero-order chi connectivity index (χ0) is 23.7. The van der Waals surface area contributed by atoms with Gasteiger partial charge in [0, 0.05) is 37.4 Å². The molecule has 0 radical (unpaired) electrons. The Morgan fingerprint density at radius 1 is 1.26 bits per heavy atom. The summed E-state index contributed by atoms with van der Waals surface area (Å²) in [6, 6.07) is 4.86. The van der Waals surface area contributed by atoms with Crippen molar-refractivity contribution >= 4 is 35.2 Å². The maximum Gasteiger partial charge on any atom is 0.257 e. The van der Waals surface area contributed by atoms with Gasteiger partial charge in [0.1, 0.15) is 17.4 Å². The number of halogens is 1. The normalized spacial score (nSPS) is 23.6. The molecule has 1 aliphatic carbocycles. The van der Waals surface area contributed by atoms with Crippen LogP contribution in [-0.2, 0) is 17.9 Å². The van der Waals surface area contributed by atoms with Crippen molar-refractivity contribution in [3.63, 3.8) is 0 Å². The van der Waals surface area contributed by atoms with E-state index in [4.69, 9.17) is 16.6 Å². The van der Waals surface area contributed by atoms with Crippen molar-refractivity contribution in [1.82, 2.24) is 20.6 Å². The maximum atomic E-state index is 13.2. The zero-order valence-electron chi connectivity index (χ0n) is 18.9. The Bertz CT molecular complexity index is 1090. The van der Waals surface area contributed by atoms with E-state index in [0.29, 0.717) is 47.4 Å². The third-order valence-electron chi connectivity index (χ3n) is 6.87. The SMILES string of the molecule is O=C(N[C@H]1CCCCNC1=O)c1cnc(N2CC3CC3C2)nc1NCc1ccc(CO)c(Cl)c1. The monoisotopic (exact) mass is 484 g/mol. The Morgan fingerprint density at radius 3 is 2.85 bits per heavy atom. The molecule has 10 heteroatoms. The summed E-state index contributed by atoms with van der Waals surface area (Å²) >= 11 is 6.24. The quantitative estimate of drug-likeness (QED) is 0.475. The van der Waals surface area contributed by atoms with Crippen molar-refractivity contribution in [3.8, 4) is 0 Å². The van der Waals surface area contributed by atoms with Gasteiger partial charge in [0.05, 0.1) is 6.61 Å². The predicted molar refractivity (Wildman–Crippen MR) is 129 cm³/mol. The third-order valence-corrected chi connectivity index (χ3v) is 7.22. The minimum Gasteiger partial charge on any atom is -0.392 e. The number of nitrogens with one attached hydrogen (secondary N) is 3. The first-order valence-corrected chi connectivity index (χ1v) is 12.2. The van der Waals surface area contributed by atoms with Crippen LogP contribution < -0.4 is 20.9 Å². The van der Waals surface area contributed by atoms with E-state index in [-0.39, 0.29) is 18.4 Å². The molecule has 5 rings (SSSR count). The number of carbonyl (C=O) groups is 2. The summed E-state index contributed by atoms with van der Waals surface area (Å²) in [6.45, 7) is 2.77. The minimum absolute atomic E-state index is 0.126. The number of fused-ring (bicyclic) bond motifs is 1. The van der Waals surface area contributed by atoms with E-state index in [1.165, 1.54) is 6.42 Å². The summed E-state index contributed by atoms with van der Waals surface area (Å²) in [5.74, 6) is 1.93. The molecule has 2 aromatic rings. The minimum atomic E-state index is -0.571. The number of amides is 2. The molecule has 3 heterocycles. The molecule has 4 N–H and O–H groups in total. The molecule has 180 valence electrons. The largest absolute Gasteiger partial charge is 0.392 e.